The number of nitrogens with one attached hydrogen (secondary N) is 1. The van der Waals surface area contributed by atoms with Gasteiger partial charge in [0.15, 0.2) is 0 Å². The van der Waals surface area contributed by atoms with Gasteiger partial charge in [0.25, 0.3) is 11.1 Å². The second-order valence-electron chi connectivity index (χ2n) is 14.3. The highest BCUT2D eigenvalue weighted by Gasteiger charge is 2.37. The lowest BCUT2D eigenvalue weighted by molar-refractivity contribution is 0.0837. The van der Waals surface area contributed by atoms with Gasteiger partial charge in [0, 0.05) is 55.9 Å². The summed E-state index contributed by atoms with van der Waals surface area (Å²) in [5.41, 5.74) is 3.54. The van der Waals surface area contributed by atoms with Gasteiger partial charge in [-0.15, -0.1) is 0 Å². The lowest BCUT2D eigenvalue weighted by Gasteiger charge is -2.38. The molecule has 7 rings (SSSR count). The van der Waals surface area contributed by atoms with Crippen LogP contribution in [0.25, 0.3) is 27.7 Å². The van der Waals surface area contributed by atoms with Gasteiger partial charge < -0.3 is 5.32 Å². The lowest BCUT2D eigenvalue weighted by Crippen LogP contribution is -2.51. The van der Waals surface area contributed by atoms with E-state index in [0.717, 1.165) is 30.8 Å². The van der Waals surface area contributed by atoms with Crippen LogP contribution in [0.5, 0.6) is 0 Å². The molecular weight excluding hydrogens is 607 g/mol. The maximum Gasteiger partial charge on any atom is 0.290 e. The van der Waals surface area contributed by atoms with Gasteiger partial charge in [-0.05, 0) is 79.3 Å². The number of rotatable bonds is 6. The molecule has 5 heterocycles. The van der Waals surface area contributed by atoms with E-state index >= 15 is 4.39 Å². The van der Waals surface area contributed by atoms with Crippen LogP contribution in [0.2, 0.25) is 0 Å². The molecular formula is C37H41FN8O2. The second kappa shape index (κ2) is 12.1. The largest absolute Gasteiger partial charge is 0.336 e. The Labute approximate surface area is 278 Å². The number of likely N-dealkylation sites (N-methyl/N-ethyl adjacent to an activating group) is 1. The third-order valence-corrected chi connectivity index (χ3v) is 9.99. The van der Waals surface area contributed by atoms with Crippen LogP contribution in [0.15, 0.2) is 70.5 Å². The Bertz CT molecular complexity index is 2140. The van der Waals surface area contributed by atoms with Crippen LogP contribution in [0.1, 0.15) is 50.3 Å². The van der Waals surface area contributed by atoms with Crippen molar-refractivity contribution in [1.29, 1.82) is 0 Å². The molecule has 2 saturated heterocycles. The first-order valence-electron chi connectivity index (χ1n) is 16.4. The molecule has 3 aromatic heterocycles. The molecule has 2 atom stereocenters. The minimum absolute atomic E-state index is 0.0105. The van der Waals surface area contributed by atoms with Crippen molar-refractivity contribution in [2.45, 2.75) is 64.6 Å². The standard InChI is InChI=1S/C37H41FN8O2/c1-22-28(8-7-9-32(22)46-36(48)34-24(18-40-46)14-25(15-29(34)38)37(2,3)4)30-16-31(35(47)44(6)42-30)41-33-13-10-23(17-39-33)19-45-20-26-11-12-27(21-45)43(26)5/h7-10,13-18,26-27H,11-12,19-21H2,1-6H3,(H,39,41). The number of aromatic nitrogens is 5. The summed E-state index contributed by atoms with van der Waals surface area (Å²) in [5, 5.41) is 12.6. The molecule has 0 aliphatic carbocycles. The molecule has 1 N–H and O–H groups in total. The molecule has 0 spiro atoms. The SMILES string of the molecule is Cc1c(-c2cc(Nc3ccc(CN4CC5CCC(C4)N5C)cn3)c(=O)n(C)n2)cccc1-n1ncc2cc(C(C)(C)C)cc(F)c2c1=O. The number of likely N-dealkylation sites (tertiary alicyclic amines) is 1. The fourth-order valence-electron chi connectivity index (χ4n) is 7.12. The van der Waals surface area contributed by atoms with Crippen LogP contribution in [-0.2, 0) is 19.0 Å². The van der Waals surface area contributed by atoms with Crippen LogP contribution in [0.3, 0.4) is 0 Å². The van der Waals surface area contributed by atoms with Crippen molar-refractivity contribution in [3.63, 3.8) is 0 Å². The number of anilines is 2. The minimum atomic E-state index is -0.573. The van der Waals surface area contributed by atoms with Gasteiger partial charge >= 0.3 is 0 Å². The summed E-state index contributed by atoms with van der Waals surface area (Å²) in [4.78, 5) is 36.4. The average Bonchev–Trinajstić information content (AvgIpc) is 3.23. The summed E-state index contributed by atoms with van der Waals surface area (Å²) in [6, 6.07) is 15.6. The number of pyridine rings is 1. The van der Waals surface area contributed by atoms with E-state index in [4.69, 9.17) is 0 Å². The van der Waals surface area contributed by atoms with Crippen molar-refractivity contribution >= 4 is 22.3 Å². The van der Waals surface area contributed by atoms with Gasteiger partial charge in [-0.3, -0.25) is 19.4 Å². The molecule has 0 radical (unpaired) electrons. The van der Waals surface area contributed by atoms with Crippen molar-refractivity contribution in [2.75, 3.05) is 25.5 Å². The van der Waals surface area contributed by atoms with Crippen molar-refractivity contribution in [2.24, 2.45) is 7.05 Å². The number of benzene rings is 2. The number of fused-ring (bicyclic) bond motifs is 3. The summed E-state index contributed by atoms with van der Waals surface area (Å²) >= 11 is 0. The number of hydrogen-bond acceptors (Lipinski definition) is 8. The first-order chi connectivity index (χ1) is 22.9. The Hall–Kier alpha value is -4.74. The molecule has 0 saturated carbocycles. The first-order valence-corrected chi connectivity index (χ1v) is 16.4. The van der Waals surface area contributed by atoms with Crippen molar-refractivity contribution in [3.8, 4) is 16.9 Å². The molecule has 10 nitrogen and oxygen atoms in total. The number of nitrogens with zero attached hydrogens (tertiary/aromatic N) is 7. The highest BCUT2D eigenvalue weighted by Crippen LogP contribution is 2.31. The highest BCUT2D eigenvalue weighted by molar-refractivity contribution is 5.83. The fourth-order valence-corrected chi connectivity index (χ4v) is 7.12. The Morgan fingerprint density at radius 3 is 2.40 bits per heavy atom. The van der Waals surface area contributed by atoms with Crippen molar-refractivity contribution < 1.29 is 4.39 Å². The molecule has 5 aromatic rings. The molecule has 2 aliphatic heterocycles. The predicted octanol–water partition coefficient (Wildman–Crippen LogP) is 5.31. The van der Waals surface area contributed by atoms with Gasteiger partial charge in [-0.25, -0.2) is 14.1 Å². The van der Waals surface area contributed by atoms with Crippen molar-refractivity contribution in [3.05, 3.63) is 104 Å². The number of halogens is 1. The first kappa shape index (κ1) is 31.8. The molecule has 2 unspecified atom stereocenters. The van der Waals surface area contributed by atoms with E-state index < -0.39 is 11.4 Å². The van der Waals surface area contributed by atoms with Crippen LogP contribution in [0.4, 0.5) is 15.9 Å². The van der Waals surface area contributed by atoms with E-state index in [1.54, 1.807) is 25.2 Å². The summed E-state index contributed by atoms with van der Waals surface area (Å²) < 4.78 is 17.9. The zero-order valence-electron chi connectivity index (χ0n) is 28.3. The van der Waals surface area contributed by atoms with Crippen molar-refractivity contribution in [1.82, 2.24) is 34.3 Å². The molecule has 248 valence electrons. The third-order valence-electron chi connectivity index (χ3n) is 9.99. The number of aryl methyl sites for hydroxylation is 1. The summed E-state index contributed by atoms with van der Waals surface area (Å²) in [6.45, 7) is 10.8. The maximum atomic E-state index is 15.4. The Morgan fingerprint density at radius 1 is 0.958 bits per heavy atom. The molecule has 2 fully saturated rings. The van der Waals surface area contributed by atoms with E-state index in [1.807, 2.05) is 52.1 Å². The Kier molecular flexibility index (Phi) is 7.99. The fraction of sp³-hybridized carbons (Fsp3) is 0.378. The zero-order chi connectivity index (χ0) is 33.9. The zero-order valence-corrected chi connectivity index (χ0v) is 28.3. The summed E-state index contributed by atoms with van der Waals surface area (Å²) in [5.74, 6) is -0.0174. The molecule has 11 heteroatoms. The van der Waals surface area contributed by atoms with Gasteiger partial charge in [-0.1, -0.05) is 39.0 Å². The third kappa shape index (κ3) is 5.81. The Balaban J connectivity index is 1.16. The number of hydrogen-bond donors (Lipinski definition) is 1. The predicted molar refractivity (Wildman–Crippen MR) is 187 cm³/mol. The van der Waals surface area contributed by atoms with E-state index in [9.17, 15) is 9.59 Å². The van der Waals surface area contributed by atoms with Gasteiger partial charge in [-0.2, -0.15) is 14.9 Å². The van der Waals surface area contributed by atoms with Crippen LogP contribution in [0, 0.1) is 12.7 Å². The molecule has 2 aromatic carbocycles. The highest BCUT2D eigenvalue weighted by atomic mass is 19.1. The molecule has 2 bridgehead atoms. The molecule has 48 heavy (non-hydrogen) atoms. The lowest BCUT2D eigenvalue weighted by atomic mass is 9.86. The van der Waals surface area contributed by atoms with Gasteiger partial charge in [0.05, 0.1) is 23.0 Å². The monoisotopic (exact) mass is 648 g/mol. The second-order valence-corrected chi connectivity index (χ2v) is 14.3. The van der Waals surface area contributed by atoms with Crippen LogP contribution >= 0.6 is 0 Å². The Morgan fingerprint density at radius 2 is 1.71 bits per heavy atom. The maximum absolute atomic E-state index is 15.4. The van der Waals surface area contributed by atoms with E-state index in [2.05, 4.69) is 43.4 Å². The summed E-state index contributed by atoms with van der Waals surface area (Å²) in [6.07, 6.45) is 5.93. The van der Waals surface area contributed by atoms with Crippen LogP contribution < -0.4 is 16.4 Å². The van der Waals surface area contributed by atoms with Crippen LogP contribution in [-0.4, -0.2) is 66.6 Å². The van der Waals surface area contributed by atoms with E-state index in [0.29, 0.717) is 51.5 Å². The average molecular weight is 649 g/mol. The summed E-state index contributed by atoms with van der Waals surface area (Å²) in [7, 11) is 3.84. The molecule has 2 aliphatic rings. The van der Waals surface area contributed by atoms with E-state index in [1.165, 1.54) is 34.5 Å². The van der Waals surface area contributed by atoms with Gasteiger partial charge in [0.2, 0.25) is 0 Å². The molecule has 0 amide bonds. The number of piperazine rings is 1. The smallest absolute Gasteiger partial charge is 0.290 e. The minimum Gasteiger partial charge on any atom is -0.336 e. The topological polar surface area (TPSA) is 101 Å². The van der Waals surface area contributed by atoms with E-state index in [-0.39, 0.29) is 16.4 Å². The normalized spacial score (nSPS) is 18.5. The van der Waals surface area contributed by atoms with Gasteiger partial charge in [0.1, 0.15) is 17.3 Å². The quantitative estimate of drug-likeness (QED) is 0.265.